The number of nitrogens with zero attached hydrogens (tertiary/aromatic N) is 2. The number of hydrogen-bond acceptors (Lipinski definition) is 6. The van der Waals surface area contributed by atoms with Crippen LogP contribution >= 0.6 is 11.3 Å². The zero-order chi connectivity index (χ0) is 10.9. The Kier molecular flexibility index (Phi) is 3.03. The van der Waals surface area contributed by atoms with Crippen LogP contribution in [0.4, 0.5) is 0 Å². The minimum atomic E-state index is -3.00. The third-order valence-corrected chi connectivity index (χ3v) is 5.90. The highest BCUT2D eigenvalue weighted by Crippen LogP contribution is 2.34. The first-order valence-corrected chi connectivity index (χ1v) is 7.40. The van der Waals surface area contributed by atoms with Gasteiger partial charge in [0.05, 0.1) is 5.75 Å². The third kappa shape index (κ3) is 2.19. The van der Waals surface area contributed by atoms with Crippen LogP contribution in [0.1, 0.15) is 34.5 Å². The molecule has 2 N–H and O–H groups in total. The molecule has 0 bridgehead atoms. The van der Waals surface area contributed by atoms with Gasteiger partial charge in [0.25, 0.3) is 0 Å². The fourth-order valence-electron chi connectivity index (χ4n) is 1.71. The molecule has 0 radical (unpaired) electrons. The zero-order valence-electron chi connectivity index (χ0n) is 8.22. The minimum Gasteiger partial charge on any atom is -0.324 e. The molecule has 15 heavy (non-hydrogen) atoms. The van der Waals surface area contributed by atoms with Crippen molar-refractivity contribution in [2.24, 2.45) is 5.73 Å². The van der Waals surface area contributed by atoms with E-state index in [0.29, 0.717) is 23.0 Å². The van der Waals surface area contributed by atoms with E-state index in [0.717, 1.165) is 12.8 Å². The molecule has 2 rings (SSSR count). The summed E-state index contributed by atoms with van der Waals surface area (Å²) in [4.78, 5) is 0. The summed E-state index contributed by atoms with van der Waals surface area (Å²) in [6, 6.07) is 0. The highest BCUT2D eigenvalue weighted by atomic mass is 32.2. The lowest BCUT2D eigenvalue weighted by molar-refractivity contribution is 0.544. The highest BCUT2D eigenvalue weighted by molar-refractivity contribution is 7.91. The van der Waals surface area contributed by atoms with Gasteiger partial charge in [0.2, 0.25) is 0 Å². The number of rotatable bonds is 2. The molecule has 1 unspecified atom stereocenters. The van der Waals surface area contributed by atoms with Gasteiger partial charge >= 0.3 is 0 Å². The molecule has 1 aromatic rings. The molecule has 0 amide bonds. The summed E-state index contributed by atoms with van der Waals surface area (Å²) in [6.45, 7) is 0.324. The van der Waals surface area contributed by atoms with Gasteiger partial charge in [0.1, 0.15) is 15.3 Å². The molecule has 0 saturated carbocycles. The minimum absolute atomic E-state index is 0.273. The van der Waals surface area contributed by atoms with Crippen molar-refractivity contribution in [3.05, 3.63) is 10.0 Å². The summed E-state index contributed by atoms with van der Waals surface area (Å²) in [5, 5.41) is 8.64. The zero-order valence-corrected chi connectivity index (χ0v) is 9.85. The van der Waals surface area contributed by atoms with Crippen molar-refractivity contribution in [3.63, 3.8) is 0 Å². The smallest absolute Gasteiger partial charge is 0.159 e. The van der Waals surface area contributed by atoms with Crippen LogP contribution in [0.5, 0.6) is 0 Å². The van der Waals surface area contributed by atoms with Gasteiger partial charge in [-0.1, -0.05) is 17.8 Å². The Bertz CT molecular complexity index is 440. The van der Waals surface area contributed by atoms with Crippen LogP contribution in [0.3, 0.4) is 0 Å². The summed E-state index contributed by atoms with van der Waals surface area (Å²) >= 11 is 1.32. The molecule has 84 valence electrons. The molecular formula is C8H13N3O2S2. The topological polar surface area (TPSA) is 85.9 Å². The van der Waals surface area contributed by atoms with Crippen molar-refractivity contribution in [2.45, 2.75) is 31.1 Å². The molecule has 5 nitrogen and oxygen atoms in total. The van der Waals surface area contributed by atoms with Crippen molar-refractivity contribution >= 4 is 21.2 Å². The predicted molar refractivity (Wildman–Crippen MR) is 58.2 cm³/mol. The van der Waals surface area contributed by atoms with E-state index in [2.05, 4.69) is 10.2 Å². The Morgan fingerprint density at radius 1 is 1.40 bits per heavy atom. The van der Waals surface area contributed by atoms with Crippen LogP contribution in [0, 0.1) is 0 Å². The molecule has 1 aromatic heterocycles. The average Bonchev–Trinajstić information content (AvgIpc) is 2.65. The summed E-state index contributed by atoms with van der Waals surface area (Å²) in [6.07, 6.45) is 2.38. The van der Waals surface area contributed by atoms with Crippen molar-refractivity contribution in [1.82, 2.24) is 10.2 Å². The average molecular weight is 247 g/mol. The summed E-state index contributed by atoms with van der Waals surface area (Å²) < 4.78 is 23.6. The van der Waals surface area contributed by atoms with E-state index in [4.69, 9.17) is 5.73 Å². The molecule has 0 aromatic carbocycles. The summed E-state index contributed by atoms with van der Waals surface area (Å²) in [7, 11) is -3.00. The van der Waals surface area contributed by atoms with Crippen LogP contribution in [0.15, 0.2) is 0 Å². The van der Waals surface area contributed by atoms with E-state index in [1.54, 1.807) is 0 Å². The van der Waals surface area contributed by atoms with E-state index in [1.807, 2.05) is 0 Å². The van der Waals surface area contributed by atoms with Crippen LogP contribution in [-0.4, -0.2) is 24.4 Å². The Hall–Kier alpha value is -0.530. The number of hydrogen-bond donors (Lipinski definition) is 1. The molecule has 0 spiro atoms. The first-order chi connectivity index (χ1) is 7.13. The molecule has 1 atom stereocenters. The number of sulfone groups is 1. The van der Waals surface area contributed by atoms with Crippen LogP contribution < -0.4 is 5.73 Å². The predicted octanol–water partition coefficient (Wildman–Crippen LogP) is 0.637. The molecule has 1 saturated heterocycles. The van der Waals surface area contributed by atoms with Crippen LogP contribution in [0.2, 0.25) is 0 Å². The van der Waals surface area contributed by atoms with Crippen molar-refractivity contribution in [3.8, 4) is 0 Å². The van der Waals surface area contributed by atoms with Crippen LogP contribution in [-0.2, 0) is 16.4 Å². The second kappa shape index (κ2) is 4.15. The van der Waals surface area contributed by atoms with Gasteiger partial charge in [-0.3, -0.25) is 0 Å². The van der Waals surface area contributed by atoms with Crippen molar-refractivity contribution < 1.29 is 8.42 Å². The van der Waals surface area contributed by atoms with E-state index >= 15 is 0 Å². The Morgan fingerprint density at radius 2 is 2.20 bits per heavy atom. The molecular weight excluding hydrogens is 234 g/mol. The Labute approximate surface area is 92.6 Å². The molecule has 2 heterocycles. The van der Waals surface area contributed by atoms with E-state index < -0.39 is 15.1 Å². The largest absolute Gasteiger partial charge is 0.324 e. The summed E-state index contributed by atoms with van der Waals surface area (Å²) in [5.74, 6) is 0.273. The number of nitrogens with two attached hydrogens (primary N) is 1. The normalized spacial score (nSPS) is 25.3. The Morgan fingerprint density at radius 3 is 2.80 bits per heavy atom. The highest BCUT2D eigenvalue weighted by Gasteiger charge is 2.32. The lowest BCUT2D eigenvalue weighted by Gasteiger charge is -2.19. The van der Waals surface area contributed by atoms with Gasteiger partial charge in [-0.2, -0.15) is 0 Å². The SMILES string of the molecule is NCc1nnc(C2CCCCS2(=O)=O)s1. The maximum absolute atomic E-state index is 11.8. The van der Waals surface area contributed by atoms with Crippen molar-refractivity contribution in [1.29, 1.82) is 0 Å². The standard InChI is InChI=1S/C8H13N3O2S2/c9-5-7-10-11-8(14-7)6-3-1-2-4-15(6,12)13/h6H,1-5,9H2. The van der Waals surface area contributed by atoms with E-state index in [-0.39, 0.29) is 5.75 Å². The second-order valence-electron chi connectivity index (χ2n) is 3.59. The van der Waals surface area contributed by atoms with Gasteiger partial charge in [0, 0.05) is 6.54 Å². The van der Waals surface area contributed by atoms with Gasteiger partial charge in [-0.25, -0.2) is 8.42 Å². The van der Waals surface area contributed by atoms with E-state index in [9.17, 15) is 8.42 Å². The fourth-order valence-corrected chi connectivity index (χ4v) is 4.80. The quantitative estimate of drug-likeness (QED) is 0.828. The van der Waals surface area contributed by atoms with Crippen molar-refractivity contribution in [2.75, 3.05) is 5.75 Å². The lowest BCUT2D eigenvalue weighted by atomic mass is 10.2. The summed E-state index contributed by atoms with van der Waals surface area (Å²) in [5.41, 5.74) is 5.42. The fraction of sp³-hybridized carbons (Fsp3) is 0.750. The second-order valence-corrected chi connectivity index (χ2v) is 6.99. The first-order valence-electron chi connectivity index (χ1n) is 4.87. The third-order valence-electron chi connectivity index (χ3n) is 2.51. The molecule has 1 aliphatic rings. The lowest BCUT2D eigenvalue weighted by Crippen LogP contribution is -2.21. The van der Waals surface area contributed by atoms with E-state index in [1.165, 1.54) is 11.3 Å². The number of aromatic nitrogens is 2. The van der Waals surface area contributed by atoms with Crippen LogP contribution in [0.25, 0.3) is 0 Å². The van der Waals surface area contributed by atoms with Gasteiger partial charge in [0.15, 0.2) is 9.84 Å². The maximum atomic E-state index is 11.8. The monoisotopic (exact) mass is 247 g/mol. The Balaban J connectivity index is 2.29. The molecule has 0 aliphatic carbocycles. The van der Waals surface area contributed by atoms with Gasteiger partial charge < -0.3 is 5.73 Å². The molecule has 1 fully saturated rings. The van der Waals surface area contributed by atoms with Gasteiger partial charge in [-0.15, -0.1) is 10.2 Å². The molecule has 7 heteroatoms. The van der Waals surface area contributed by atoms with Gasteiger partial charge in [-0.05, 0) is 12.8 Å². The maximum Gasteiger partial charge on any atom is 0.159 e. The molecule has 1 aliphatic heterocycles. The first kappa shape index (κ1) is 11.0.